The summed E-state index contributed by atoms with van der Waals surface area (Å²) in [7, 11) is 3.11. The minimum atomic E-state index is -0.468. The molecule has 0 unspecified atom stereocenters. The lowest BCUT2D eigenvalue weighted by Gasteiger charge is -2.09. The molecule has 0 heterocycles. The molecule has 0 bridgehead atoms. The zero-order chi connectivity index (χ0) is 13.5. The third-order valence-electron chi connectivity index (χ3n) is 2.17. The largest absolute Gasteiger partial charge is 0.493 e. The van der Waals surface area contributed by atoms with Gasteiger partial charge in [-0.05, 0) is 24.6 Å². The number of carbonyl (C=O) groups excluding carboxylic acids is 1. The predicted molar refractivity (Wildman–Crippen MR) is 67.3 cm³/mol. The summed E-state index contributed by atoms with van der Waals surface area (Å²) in [5.74, 6) is 0.756. The van der Waals surface area contributed by atoms with E-state index in [0.29, 0.717) is 17.2 Å². The molecule has 0 saturated carbocycles. The fourth-order valence-corrected chi connectivity index (χ4v) is 1.35. The standard InChI is InChI=1S/C13H17NO4/c1-9(14)6-13(15)18-8-10-4-5-11(16-2)12(7-10)17-3/h4-7H,8,14H2,1-3H3/b9-6-. The first-order valence-corrected chi connectivity index (χ1v) is 5.38. The van der Waals surface area contributed by atoms with Gasteiger partial charge in [-0.25, -0.2) is 4.79 Å². The van der Waals surface area contributed by atoms with E-state index in [9.17, 15) is 4.79 Å². The van der Waals surface area contributed by atoms with Crippen LogP contribution in [-0.2, 0) is 16.1 Å². The third kappa shape index (κ3) is 4.01. The van der Waals surface area contributed by atoms with Gasteiger partial charge in [-0.3, -0.25) is 0 Å². The van der Waals surface area contributed by atoms with Crippen molar-refractivity contribution in [2.45, 2.75) is 13.5 Å². The van der Waals surface area contributed by atoms with Crippen LogP contribution in [-0.4, -0.2) is 20.2 Å². The maximum Gasteiger partial charge on any atom is 0.332 e. The molecule has 0 saturated heterocycles. The summed E-state index contributed by atoms with van der Waals surface area (Å²) in [6, 6.07) is 5.31. The molecule has 18 heavy (non-hydrogen) atoms. The van der Waals surface area contributed by atoms with E-state index in [4.69, 9.17) is 19.9 Å². The van der Waals surface area contributed by atoms with E-state index >= 15 is 0 Å². The molecule has 0 aliphatic rings. The average molecular weight is 251 g/mol. The molecular formula is C13H17NO4. The van der Waals surface area contributed by atoms with Crippen LogP contribution >= 0.6 is 0 Å². The normalized spacial score (nSPS) is 10.9. The Morgan fingerprint density at radius 1 is 1.28 bits per heavy atom. The zero-order valence-corrected chi connectivity index (χ0v) is 10.7. The Balaban J connectivity index is 2.69. The van der Waals surface area contributed by atoms with Gasteiger partial charge in [0.05, 0.1) is 14.2 Å². The second kappa shape index (κ2) is 6.54. The molecule has 0 aromatic heterocycles. The van der Waals surface area contributed by atoms with Gasteiger partial charge < -0.3 is 19.9 Å². The van der Waals surface area contributed by atoms with Gasteiger partial charge in [0.15, 0.2) is 11.5 Å². The Labute approximate surface area is 106 Å². The number of benzene rings is 1. The van der Waals surface area contributed by atoms with E-state index in [0.717, 1.165) is 5.56 Å². The second-order valence-corrected chi connectivity index (χ2v) is 3.69. The zero-order valence-electron chi connectivity index (χ0n) is 10.7. The van der Waals surface area contributed by atoms with Gasteiger partial charge >= 0.3 is 5.97 Å². The summed E-state index contributed by atoms with van der Waals surface area (Å²) in [5.41, 5.74) is 6.59. The number of hydrogen-bond donors (Lipinski definition) is 1. The molecule has 0 amide bonds. The van der Waals surface area contributed by atoms with Crippen LogP contribution in [0.4, 0.5) is 0 Å². The van der Waals surface area contributed by atoms with E-state index in [1.54, 1.807) is 39.3 Å². The molecule has 1 rings (SSSR count). The number of carbonyl (C=O) groups is 1. The van der Waals surface area contributed by atoms with Crippen molar-refractivity contribution in [3.05, 3.63) is 35.5 Å². The Morgan fingerprint density at radius 2 is 1.94 bits per heavy atom. The summed E-state index contributed by atoms with van der Waals surface area (Å²) >= 11 is 0. The molecule has 0 aliphatic heterocycles. The van der Waals surface area contributed by atoms with Crippen LogP contribution in [0, 0.1) is 0 Å². The van der Waals surface area contributed by atoms with E-state index in [-0.39, 0.29) is 6.61 Å². The number of ether oxygens (including phenoxy) is 3. The molecule has 0 atom stereocenters. The molecule has 98 valence electrons. The number of esters is 1. The van der Waals surface area contributed by atoms with Gasteiger partial charge in [-0.2, -0.15) is 0 Å². The van der Waals surface area contributed by atoms with Crippen molar-refractivity contribution >= 4 is 5.97 Å². The third-order valence-corrected chi connectivity index (χ3v) is 2.17. The summed E-state index contributed by atoms with van der Waals surface area (Å²) < 4.78 is 15.3. The van der Waals surface area contributed by atoms with Crippen LogP contribution < -0.4 is 15.2 Å². The average Bonchev–Trinajstić information content (AvgIpc) is 2.35. The minimum Gasteiger partial charge on any atom is -0.493 e. The van der Waals surface area contributed by atoms with Gasteiger partial charge in [0.2, 0.25) is 0 Å². The Bertz CT molecular complexity index is 450. The molecule has 2 N–H and O–H groups in total. The monoisotopic (exact) mass is 251 g/mol. The molecule has 1 aromatic carbocycles. The van der Waals surface area contributed by atoms with Gasteiger partial charge in [0.1, 0.15) is 6.61 Å². The van der Waals surface area contributed by atoms with Crippen LogP contribution in [0.2, 0.25) is 0 Å². The quantitative estimate of drug-likeness (QED) is 0.636. The Morgan fingerprint density at radius 3 is 2.50 bits per heavy atom. The smallest absolute Gasteiger partial charge is 0.332 e. The molecule has 5 heteroatoms. The minimum absolute atomic E-state index is 0.156. The van der Waals surface area contributed by atoms with Gasteiger partial charge in [0.25, 0.3) is 0 Å². The molecular weight excluding hydrogens is 234 g/mol. The molecule has 0 spiro atoms. The van der Waals surface area contributed by atoms with E-state index in [2.05, 4.69) is 0 Å². The first-order chi connectivity index (χ1) is 8.56. The molecule has 5 nitrogen and oxygen atoms in total. The highest BCUT2D eigenvalue weighted by Gasteiger charge is 2.06. The highest BCUT2D eigenvalue weighted by Crippen LogP contribution is 2.27. The van der Waals surface area contributed by atoms with Crippen LogP contribution in [0.1, 0.15) is 12.5 Å². The van der Waals surface area contributed by atoms with Crippen LogP contribution in [0.25, 0.3) is 0 Å². The number of rotatable bonds is 5. The number of methoxy groups -OCH3 is 2. The fraction of sp³-hybridized carbons (Fsp3) is 0.308. The van der Waals surface area contributed by atoms with Crippen molar-refractivity contribution in [2.75, 3.05) is 14.2 Å². The maximum absolute atomic E-state index is 11.3. The number of nitrogens with two attached hydrogens (primary N) is 1. The lowest BCUT2D eigenvalue weighted by atomic mass is 10.2. The van der Waals surface area contributed by atoms with Gasteiger partial charge in [-0.15, -0.1) is 0 Å². The SMILES string of the molecule is COc1ccc(COC(=O)/C=C(/C)N)cc1OC. The lowest BCUT2D eigenvalue weighted by molar-refractivity contribution is -0.139. The first kappa shape index (κ1) is 13.9. The summed E-state index contributed by atoms with van der Waals surface area (Å²) in [6.45, 7) is 1.78. The maximum atomic E-state index is 11.3. The lowest BCUT2D eigenvalue weighted by Crippen LogP contribution is -2.04. The van der Waals surface area contributed by atoms with E-state index < -0.39 is 5.97 Å². The van der Waals surface area contributed by atoms with Gasteiger partial charge in [-0.1, -0.05) is 6.07 Å². The summed E-state index contributed by atoms with van der Waals surface area (Å²) in [5, 5.41) is 0. The second-order valence-electron chi connectivity index (χ2n) is 3.69. The van der Waals surface area contributed by atoms with Crippen LogP contribution in [0.5, 0.6) is 11.5 Å². The number of hydrogen-bond acceptors (Lipinski definition) is 5. The topological polar surface area (TPSA) is 70.8 Å². The van der Waals surface area contributed by atoms with Crippen molar-refractivity contribution in [3.8, 4) is 11.5 Å². The van der Waals surface area contributed by atoms with Crippen LogP contribution in [0.3, 0.4) is 0 Å². The van der Waals surface area contributed by atoms with Gasteiger partial charge in [0, 0.05) is 11.8 Å². The highest BCUT2D eigenvalue weighted by atomic mass is 16.5. The van der Waals surface area contributed by atoms with Crippen molar-refractivity contribution in [3.63, 3.8) is 0 Å². The highest BCUT2D eigenvalue weighted by molar-refractivity contribution is 5.82. The van der Waals surface area contributed by atoms with E-state index in [1.165, 1.54) is 6.08 Å². The fourth-order valence-electron chi connectivity index (χ4n) is 1.35. The first-order valence-electron chi connectivity index (χ1n) is 5.38. The van der Waals surface area contributed by atoms with E-state index in [1.807, 2.05) is 0 Å². The molecule has 0 fully saturated rings. The van der Waals surface area contributed by atoms with Crippen LogP contribution in [0.15, 0.2) is 30.0 Å². The molecule has 0 radical (unpaired) electrons. The van der Waals surface area contributed by atoms with Crippen molar-refractivity contribution in [1.82, 2.24) is 0 Å². The Kier molecular flexibility index (Phi) is 5.05. The molecule has 0 aliphatic carbocycles. The predicted octanol–water partition coefficient (Wildman–Crippen LogP) is 1.61. The Hall–Kier alpha value is -2.17. The number of allylic oxidation sites excluding steroid dienone is 1. The van der Waals surface area contributed by atoms with Crippen molar-refractivity contribution in [1.29, 1.82) is 0 Å². The van der Waals surface area contributed by atoms with Crippen molar-refractivity contribution in [2.24, 2.45) is 5.73 Å². The molecule has 1 aromatic rings. The summed E-state index contributed by atoms with van der Waals surface area (Å²) in [6.07, 6.45) is 1.24. The summed E-state index contributed by atoms with van der Waals surface area (Å²) in [4.78, 5) is 11.3. The van der Waals surface area contributed by atoms with Crippen molar-refractivity contribution < 1.29 is 19.0 Å².